The fourth-order valence-electron chi connectivity index (χ4n) is 1.99. The predicted octanol–water partition coefficient (Wildman–Crippen LogP) is 2.83. The standard InChI is InChI=1S/C16H19N3O.2ClH/c1-13-7-8-15(11-18-13)16(20)19(10-9-17)12-14-5-3-2-4-6-14;;/h2-8,11H,9-10,12,17H2,1H3;2*1H. The highest BCUT2D eigenvalue weighted by atomic mass is 35.5. The first-order valence-electron chi connectivity index (χ1n) is 6.66. The zero-order chi connectivity index (χ0) is 14.4. The quantitative estimate of drug-likeness (QED) is 0.909. The van der Waals surface area contributed by atoms with Crippen molar-refractivity contribution in [2.24, 2.45) is 5.73 Å². The number of pyridine rings is 1. The average Bonchev–Trinajstić information content (AvgIpc) is 2.48. The molecular weight excluding hydrogens is 321 g/mol. The van der Waals surface area contributed by atoms with Gasteiger partial charge in [0.15, 0.2) is 0 Å². The number of halogens is 2. The number of carbonyl (C=O) groups excluding carboxylic acids is 1. The number of benzene rings is 1. The summed E-state index contributed by atoms with van der Waals surface area (Å²) in [6.45, 7) is 3.43. The average molecular weight is 342 g/mol. The van der Waals surface area contributed by atoms with E-state index in [1.807, 2.05) is 43.3 Å². The topological polar surface area (TPSA) is 59.2 Å². The smallest absolute Gasteiger partial charge is 0.255 e. The summed E-state index contributed by atoms with van der Waals surface area (Å²) in [6.07, 6.45) is 1.62. The number of amides is 1. The SMILES string of the molecule is Cc1ccc(C(=O)N(CCN)Cc2ccccc2)cn1.Cl.Cl. The Morgan fingerprint density at radius 3 is 2.36 bits per heavy atom. The van der Waals surface area contributed by atoms with Crippen LogP contribution in [0.3, 0.4) is 0 Å². The van der Waals surface area contributed by atoms with Crippen LogP contribution in [-0.2, 0) is 6.54 Å². The Bertz CT molecular complexity index is 561. The molecule has 0 aliphatic heterocycles. The van der Waals surface area contributed by atoms with Gasteiger partial charge in [0.25, 0.3) is 5.91 Å². The molecule has 1 aromatic carbocycles. The van der Waals surface area contributed by atoms with Crippen molar-refractivity contribution in [2.45, 2.75) is 13.5 Å². The van der Waals surface area contributed by atoms with Crippen LogP contribution < -0.4 is 5.73 Å². The zero-order valence-electron chi connectivity index (χ0n) is 12.4. The van der Waals surface area contributed by atoms with E-state index in [4.69, 9.17) is 5.73 Å². The summed E-state index contributed by atoms with van der Waals surface area (Å²) in [7, 11) is 0. The normalized spacial score (nSPS) is 9.36. The van der Waals surface area contributed by atoms with Crippen molar-refractivity contribution >= 4 is 30.7 Å². The minimum atomic E-state index is -0.0354. The summed E-state index contributed by atoms with van der Waals surface area (Å²) < 4.78 is 0. The molecule has 0 bridgehead atoms. The van der Waals surface area contributed by atoms with Crippen LogP contribution in [0, 0.1) is 6.92 Å². The number of aryl methyl sites for hydroxylation is 1. The minimum Gasteiger partial charge on any atom is -0.333 e. The summed E-state index contributed by atoms with van der Waals surface area (Å²) in [6, 6.07) is 13.5. The molecule has 1 aromatic heterocycles. The van der Waals surface area contributed by atoms with Crippen molar-refractivity contribution in [3.63, 3.8) is 0 Å². The van der Waals surface area contributed by atoms with E-state index < -0.39 is 0 Å². The second-order valence-electron chi connectivity index (χ2n) is 4.69. The third kappa shape index (κ3) is 5.64. The van der Waals surface area contributed by atoms with Gasteiger partial charge in [-0.2, -0.15) is 0 Å². The Kier molecular flexibility index (Phi) is 9.42. The molecule has 120 valence electrons. The van der Waals surface area contributed by atoms with Gasteiger partial charge in [-0.05, 0) is 24.6 Å². The molecule has 0 atom stereocenters. The molecule has 0 saturated heterocycles. The number of carbonyl (C=O) groups is 1. The van der Waals surface area contributed by atoms with E-state index in [2.05, 4.69) is 4.98 Å². The molecule has 2 N–H and O–H groups in total. The first-order chi connectivity index (χ1) is 9.70. The number of nitrogens with two attached hydrogens (primary N) is 1. The van der Waals surface area contributed by atoms with E-state index in [1.165, 1.54) is 0 Å². The molecule has 0 aliphatic rings. The van der Waals surface area contributed by atoms with Crippen LogP contribution in [-0.4, -0.2) is 28.9 Å². The lowest BCUT2D eigenvalue weighted by Gasteiger charge is -2.22. The fourth-order valence-corrected chi connectivity index (χ4v) is 1.99. The Morgan fingerprint density at radius 1 is 1.14 bits per heavy atom. The minimum absolute atomic E-state index is 0. The van der Waals surface area contributed by atoms with Gasteiger partial charge in [-0.25, -0.2) is 0 Å². The molecule has 0 fully saturated rings. The molecule has 2 aromatic rings. The summed E-state index contributed by atoms with van der Waals surface area (Å²) >= 11 is 0. The van der Waals surface area contributed by atoms with Crippen LogP contribution >= 0.6 is 24.8 Å². The van der Waals surface area contributed by atoms with Gasteiger partial charge in [-0.15, -0.1) is 24.8 Å². The highest BCUT2D eigenvalue weighted by Gasteiger charge is 2.15. The van der Waals surface area contributed by atoms with Crippen LogP contribution in [0.4, 0.5) is 0 Å². The third-order valence-electron chi connectivity index (χ3n) is 3.06. The molecule has 22 heavy (non-hydrogen) atoms. The lowest BCUT2D eigenvalue weighted by Crippen LogP contribution is -2.35. The van der Waals surface area contributed by atoms with Gasteiger partial charge in [-0.1, -0.05) is 30.3 Å². The van der Waals surface area contributed by atoms with Crippen molar-refractivity contribution in [1.29, 1.82) is 0 Å². The van der Waals surface area contributed by atoms with Crippen LogP contribution in [0.2, 0.25) is 0 Å². The van der Waals surface area contributed by atoms with E-state index in [-0.39, 0.29) is 30.7 Å². The Balaban J connectivity index is 0.00000220. The maximum atomic E-state index is 12.5. The highest BCUT2D eigenvalue weighted by Crippen LogP contribution is 2.09. The molecule has 0 saturated carbocycles. The molecule has 2 rings (SSSR count). The molecule has 0 unspecified atom stereocenters. The number of hydrogen-bond donors (Lipinski definition) is 1. The number of rotatable bonds is 5. The number of nitrogens with zero attached hydrogens (tertiary/aromatic N) is 2. The molecule has 1 amide bonds. The summed E-state index contributed by atoms with van der Waals surface area (Å²) in [4.78, 5) is 18.4. The first kappa shape index (κ1) is 20.4. The molecule has 6 heteroatoms. The molecule has 0 radical (unpaired) electrons. The van der Waals surface area contributed by atoms with Crippen LogP contribution in [0.5, 0.6) is 0 Å². The highest BCUT2D eigenvalue weighted by molar-refractivity contribution is 5.93. The monoisotopic (exact) mass is 341 g/mol. The molecule has 0 aliphatic carbocycles. The number of hydrogen-bond acceptors (Lipinski definition) is 3. The second kappa shape index (κ2) is 10.2. The molecule has 0 spiro atoms. The predicted molar refractivity (Wildman–Crippen MR) is 93.7 cm³/mol. The van der Waals surface area contributed by atoms with Gasteiger partial charge in [0, 0.05) is 31.5 Å². The maximum absolute atomic E-state index is 12.5. The first-order valence-corrected chi connectivity index (χ1v) is 6.66. The maximum Gasteiger partial charge on any atom is 0.255 e. The lowest BCUT2D eigenvalue weighted by molar-refractivity contribution is 0.0748. The Labute approximate surface area is 143 Å². The zero-order valence-corrected chi connectivity index (χ0v) is 14.1. The summed E-state index contributed by atoms with van der Waals surface area (Å²) in [5, 5.41) is 0. The van der Waals surface area contributed by atoms with Crippen molar-refractivity contribution in [2.75, 3.05) is 13.1 Å². The number of aromatic nitrogens is 1. The van der Waals surface area contributed by atoms with Crippen LogP contribution in [0.25, 0.3) is 0 Å². The van der Waals surface area contributed by atoms with Crippen molar-refractivity contribution in [1.82, 2.24) is 9.88 Å². The van der Waals surface area contributed by atoms with Crippen molar-refractivity contribution < 1.29 is 4.79 Å². The van der Waals surface area contributed by atoms with Gasteiger partial charge in [0.2, 0.25) is 0 Å². The third-order valence-corrected chi connectivity index (χ3v) is 3.06. The Hall–Kier alpha value is -1.62. The van der Waals surface area contributed by atoms with E-state index in [0.29, 0.717) is 25.2 Å². The van der Waals surface area contributed by atoms with Crippen molar-refractivity contribution in [3.8, 4) is 0 Å². The van der Waals surface area contributed by atoms with Gasteiger partial charge < -0.3 is 10.6 Å². The molecule has 1 heterocycles. The van der Waals surface area contributed by atoms with E-state index >= 15 is 0 Å². The van der Waals surface area contributed by atoms with Gasteiger partial charge in [0.1, 0.15) is 0 Å². The fraction of sp³-hybridized carbons (Fsp3) is 0.250. The van der Waals surface area contributed by atoms with E-state index in [9.17, 15) is 4.79 Å². The summed E-state index contributed by atoms with van der Waals surface area (Å²) in [5.74, 6) is -0.0354. The van der Waals surface area contributed by atoms with E-state index in [1.54, 1.807) is 17.2 Å². The molecular formula is C16H21Cl2N3O. The van der Waals surface area contributed by atoms with Crippen LogP contribution in [0.1, 0.15) is 21.6 Å². The van der Waals surface area contributed by atoms with Gasteiger partial charge in [0.05, 0.1) is 5.56 Å². The summed E-state index contributed by atoms with van der Waals surface area (Å²) in [5.41, 5.74) is 8.20. The second-order valence-corrected chi connectivity index (χ2v) is 4.69. The largest absolute Gasteiger partial charge is 0.333 e. The molecule has 4 nitrogen and oxygen atoms in total. The van der Waals surface area contributed by atoms with Gasteiger partial charge in [-0.3, -0.25) is 9.78 Å². The van der Waals surface area contributed by atoms with E-state index in [0.717, 1.165) is 11.3 Å². The lowest BCUT2D eigenvalue weighted by atomic mass is 10.2. The van der Waals surface area contributed by atoms with Gasteiger partial charge >= 0.3 is 0 Å². The van der Waals surface area contributed by atoms with Crippen molar-refractivity contribution in [3.05, 3.63) is 65.5 Å². The van der Waals surface area contributed by atoms with Crippen LogP contribution in [0.15, 0.2) is 48.7 Å². The Morgan fingerprint density at radius 2 is 1.82 bits per heavy atom.